The van der Waals surface area contributed by atoms with Crippen molar-refractivity contribution in [1.29, 1.82) is 0 Å². The highest BCUT2D eigenvalue weighted by atomic mass is 16.5. The Kier molecular flexibility index (Phi) is 6.39. The van der Waals surface area contributed by atoms with Gasteiger partial charge in [0.15, 0.2) is 0 Å². The van der Waals surface area contributed by atoms with E-state index in [9.17, 15) is 9.59 Å². The molecule has 2 aromatic carbocycles. The number of benzene rings is 2. The highest BCUT2D eigenvalue weighted by Gasteiger charge is 2.16. The number of ether oxygens (including phenoxy) is 1. The van der Waals surface area contributed by atoms with Crippen LogP contribution in [0.4, 0.5) is 11.4 Å². The zero-order valence-corrected chi connectivity index (χ0v) is 16.0. The van der Waals surface area contributed by atoms with Crippen LogP contribution in [0, 0.1) is 13.8 Å². The Hall–Kier alpha value is -2.82. The summed E-state index contributed by atoms with van der Waals surface area (Å²) in [4.78, 5) is 25.9. The fourth-order valence-corrected chi connectivity index (χ4v) is 2.57. The lowest BCUT2D eigenvalue weighted by Crippen LogP contribution is -2.36. The van der Waals surface area contributed by atoms with Gasteiger partial charge >= 0.3 is 0 Å². The quantitative estimate of drug-likeness (QED) is 0.850. The first-order valence-electron chi connectivity index (χ1n) is 8.68. The third-order valence-electron chi connectivity index (χ3n) is 3.87. The van der Waals surface area contributed by atoms with Gasteiger partial charge in [-0.05, 0) is 69.2 Å². The van der Waals surface area contributed by atoms with Gasteiger partial charge < -0.3 is 15.0 Å². The van der Waals surface area contributed by atoms with Crippen LogP contribution in [0.3, 0.4) is 0 Å². The minimum absolute atomic E-state index is 0.0485. The molecule has 0 saturated heterocycles. The van der Waals surface area contributed by atoms with E-state index in [-0.39, 0.29) is 24.5 Å². The van der Waals surface area contributed by atoms with Crippen LogP contribution in [0.15, 0.2) is 42.5 Å². The summed E-state index contributed by atoms with van der Waals surface area (Å²) in [5.41, 5.74) is 3.47. The van der Waals surface area contributed by atoms with Crippen molar-refractivity contribution in [2.45, 2.75) is 40.7 Å². The van der Waals surface area contributed by atoms with Crippen molar-refractivity contribution >= 4 is 23.2 Å². The zero-order valence-electron chi connectivity index (χ0n) is 16.0. The molecule has 0 aromatic heterocycles. The summed E-state index contributed by atoms with van der Waals surface area (Å²) in [6, 6.07) is 13.0. The molecule has 0 bridgehead atoms. The van der Waals surface area contributed by atoms with Crippen LogP contribution in [-0.4, -0.2) is 24.5 Å². The van der Waals surface area contributed by atoms with Crippen molar-refractivity contribution in [3.8, 4) is 5.75 Å². The summed E-state index contributed by atoms with van der Waals surface area (Å²) in [5, 5.41) is 2.89. The van der Waals surface area contributed by atoms with Crippen molar-refractivity contribution in [3.63, 3.8) is 0 Å². The highest BCUT2D eigenvalue weighted by molar-refractivity contribution is 6.02. The summed E-state index contributed by atoms with van der Waals surface area (Å²) in [5.74, 6) is 0.294. The molecule has 138 valence electrons. The fraction of sp³-hybridized carbons (Fsp3) is 0.333. The number of hydrogen-bond donors (Lipinski definition) is 1. The molecular formula is C21H26N2O3. The lowest BCUT2D eigenvalue weighted by atomic mass is 10.1. The number of carbonyl (C=O) groups is 2. The molecule has 0 radical (unpaired) electrons. The Labute approximate surface area is 155 Å². The Morgan fingerprint density at radius 2 is 1.73 bits per heavy atom. The number of anilines is 2. The largest absolute Gasteiger partial charge is 0.491 e. The summed E-state index contributed by atoms with van der Waals surface area (Å²) in [6.07, 6.45) is 0.0770. The van der Waals surface area contributed by atoms with E-state index in [4.69, 9.17) is 4.74 Å². The number of aryl methyl sites for hydroxylation is 2. The second-order valence-corrected chi connectivity index (χ2v) is 6.63. The Morgan fingerprint density at radius 1 is 1.08 bits per heavy atom. The van der Waals surface area contributed by atoms with E-state index >= 15 is 0 Å². The van der Waals surface area contributed by atoms with Gasteiger partial charge in [-0.3, -0.25) is 9.59 Å². The molecule has 0 unspecified atom stereocenters. The first kappa shape index (κ1) is 19.5. The molecule has 0 saturated carbocycles. The number of nitrogens with zero attached hydrogens (tertiary/aromatic N) is 1. The predicted molar refractivity (Wildman–Crippen MR) is 105 cm³/mol. The van der Waals surface area contributed by atoms with Gasteiger partial charge in [0.25, 0.3) is 0 Å². The van der Waals surface area contributed by atoms with E-state index in [0.29, 0.717) is 5.69 Å². The third kappa shape index (κ3) is 5.34. The molecule has 5 heteroatoms. The normalized spacial score (nSPS) is 10.5. The first-order valence-corrected chi connectivity index (χ1v) is 8.68. The molecule has 0 aliphatic carbocycles. The molecule has 0 aliphatic heterocycles. The summed E-state index contributed by atoms with van der Waals surface area (Å²) < 4.78 is 5.61. The number of amides is 2. The summed E-state index contributed by atoms with van der Waals surface area (Å²) >= 11 is 0. The van der Waals surface area contributed by atoms with Crippen LogP contribution in [0.5, 0.6) is 5.75 Å². The van der Waals surface area contributed by atoms with E-state index in [1.807, 2.05) is 45.9 Å². The molecule has 2 amide bonds. The van der Waals surface area contributed by atoms with Crippen molar-refractivity contribution in [1.82, 2.24) is 0 Å². The van der Waals surface area contributed by atoms with Crippen molar-refractivity contribution in [2.75, 3.05) is 16.8 Å². The van der Waals surface area contributed by atoms with Gasteiger partial charge in [0, 0.05) is 18.3 Å². The minimum atomic E-state index is -0.239. The van der Waals surface area contributed by atoms with Gasteiger partial charge in [-0.2, -0.15) is 0 Å². The minimum Gasteiger partial charge on any atom is -0.491 e. The second kappa shape index (κ2) is 8.52. The molecular weight excluding hydrogens is 328 g/mol. The molecule has 1 N–H and O–H groups in total. The molecule has 0 heterocycles. The average molecular weight is 354 g/mol. The van der Waals surface area contributed by atoms with E-state index in [0.717, 1.165) is 22.6 Å². The predicted octanol–water partition coefficient (Wildman–Crippen LogP) is 4.08. The Morgan fingerprint density at radius 3 is 2.31 bits per heavy atom. The van der Waals surface area contributed by atoms with E-state index < -0.39 is 0 Å². The third-order valence-corrected chi connectivity index (χ3v) is 3.87. The van der Waals surface area contributed by atoms with Crippen molar-refractivity contribution < 1.29 is 14.3 Å². The van der Waals surface area contributed by atoms with Gasteiger partial charge in [0.1, 0.15) is 12.3 Å². The molecule has 0 fully saturated rings. The topological polar surface area (TPSA) is 58.6 Å². The van der Waals surface area contributed by atoms with Gasteiger partial charge in [-0.15, -0.1) is 0 Å². The zero-order chi connectivity index (χ0) is 19.3. The van der Waals surface area contributed by atoms with Crippen LogP contribution in [0.2, 0.25) is 0 Å². The molecule has 2 aromatic rings. The maximum atomic E-state index is 12.4. The van der Waals surface area contributed by atoms with Crippen molar-refractivity contribution in [2.24, 2.45) is 0 Å². The number of nitrogens with one attached hydrogen (secondary N) is 1. The fourth-order valence-electron chi connectivity index (χ4n) is 2.57. The summed E-state index contributed by atoms with van der Waals surface area (Å²) in [6.45, 7) is 9.21. The molecule has 26 heavy (non-hydrogen) atoms. The van der Waals surface area contributed by atoms with Crippen LogP contribution in [0.1, 0.15) is 31.9 Å². The Balaban J connectivity index is 2.11. The monoisotopic (exact) mass is 354 g/mol. The number of carbonyl (C=O) groups excluding carboxylic acids is 2. The highest BCUT2D eigenvalue weighted by Crippen LogP contribution is 2.21. The molecule has 0 aliphatic rings. The molecule has 0 spiro atoms. The Bertz CT molecular complexity index is 782. The van der Waals surface area contributed by atoms with E-state index in [1.165, 1.54) is 11.8 Å². The molecule has 2 rings (SSSR count). The SMILES string of the molecule is CC(=O)N(CC(=O)Nc1cc(C)ccc1C)c1ccc(OC(C)C)cc1. The molecule has 0 atom stereocenters. The van der Waals surface area contributed by atoms with Gasteiger partial charge in [0.2, 0.25) is 11.8 Å². The van der Waals surface area contributed by atoms with E-state index in [1.54, 1.807) is 24.3 Å². The lowest BCUT2D eigenvalue weighted by molar-refractivity contribution is -0.120. The summed E-state index contributed by atoms with van der Waals surface area (Å²) in [7, 11) is 0. The first-order chi connectivity index (χ1) is 12.3. The standard InChI is InChI=1S/C21H26N2O3/c1-14(2)26-19-10-8-18(9-11-19)23(17(5)24)13-21(25)22-20-12-15(3)6-7-16(20)4/h6-12,14H,13H2,1-5H3,(H,22,25). The van der Waals surface area contributed by atoms with Gasteiger partial charge in [0.05, 0.1) is 6.10 Å². The van der Waals surface area contributed by atoms with Crippen LogP contribution in [0.25, 0.3) is 0 Å². The number of hydrogen-bond acceptors (Lipinski definition) is 3. The smallest absolute Gasteiger partial charge is 0.244 e. The number of rotatable bonds is 6. The average Bonchev–Trinajstić information content (AvgIpc) is 2.56. The van der Waals surface area contributed by atoms with Gasteiger partial charge in [-0.25, -0.2) is 0 Å². The molecule has 5 nitrogen and oxygen atoms in total. The van der Waals surface area contributed by atoms with E-state index in [2.05, 4.69) is 5.32 Å². The second-order valence-electron chi connectivity index (χ2n) is 6.63. The van der Waals surface area contributed by atoms with Crippen LogP contribution < -0.4 is 15.0 Å². The van der Waals surface area contributed by atoms with Gasteiger partial charge in [-0.1, -0.05) is 12.1 Å². The maximum Gasteiger partial charge on any atom is 0.244 e. The van der Waals surface area contributed by atoms with Crippen LogP contribution >= 0.6 is 0 Å². The lowest BCUT2D eigenvalue weighted by Gasteiger charge is -2.21. The maximum absolute atomic E-state index is 12.4. The van der Waals surface area contributed by atoms with Crippen LogP contribution in [-0.2, 0) is 9.59 Å². The van der Waals surface area contributed by atoms with Crippen molar-refractivity contribution in [3.05, 3.63) is 53.6 Å².